The van der Waals surface area contributed by atoms with Crippen molar-refractivity contribution in [3.63, 3.8) is 0 Å². The average Bonchev–Trinajstić information content (AvgIpc) is 3.25. The predicted molar refractivity (Wildman–Crippen MR) is 151 cm³/mol. The number of imidazole rings is 1. The highest BCUT2D eigenvalue weighted by Gasteiger charge is 2.33. The lowest BCUT2D eigenvalue weighted by Crippen LogP contribution is -2.33. The van der Waals surface area contributed by atoms with Crippen molar-refractivity contribution in [1.29, 1.82) is 0 Å². The van der Waals surface area contributed by atoms with Gasteiger partial charge in [0.2, 0.25) is 11.9 Å². The van der Waals surface area contributed by atoms with Crippen LogP contribution in [-0.4, -0.2) is 46.3 Å². The quantitative estimate of drug-likeness (QED) is 0.303. The van der Waals surface area contributed by atoms with Gasteiger partial charge in [-0.05, 0) is 63.9 Å². The number of benzene rings is 2. The molecule has 3 aromatic rings. The standard InChI is InChI=1S/C30H35F3N4O5/c1-29(2,3)42-25(38)16-17-37-23-15-14-20(36(4)27(40)19-10-6-5-7-11-19)18-22(23)34-28(37)35-26(39)21-12-8-9-13-24(21)41-30(31,32)33/h8-9,12-15,18-19H,5-7,10-11,16-17H2,1-4H3,(H,34,35,39). The fourth-order valence-electron chi connectivity index (χ4n) is 5.03. The number of hydrogen-bond donors (Lipinski definition) is 1. The van der Waals surface area contributed by atoms with Gasteiger partial charge in [0.1, 0.15) is 11.4 Å². The maximum absolute atomic E-state index is 13.2. The molecule has 1 N–H and O–H groups in total. The monoisotopic (exact) mass is 588 g/mol. The van der Waals surface area contributed by atoms with Crippen molar-refractivity contribution in [2.24, 2.45) is 5.92 Å². The number of nitrogens with zero attached hydrogens (tertiary/aromatic N) is 3. The number of halogens is 3. The number of rotatable bonds is 8. The summed E-state index contributed by atoms with van der Waals surface area (Å²) in [6, 6.07) is 10.2. The Balaban J connectivity index is 1.66. The number of amides is 2. The van der Waals surface area contributed by atoms with E-state index in [-0.39, 0.29) is 36.3 Å². The Hall–Kier alpha value is -4.09. The van der Waals surface area contributed by atoms with Gasteiger partial charge < -0.3 is 18.9 Å². The first-order valence-corrected chi connectivity index (χ1v) is 13.9. The number of ether oxygens (including phenoxy) is 2. The van der Waals surface area contributed by atoms with Crippen LogP contribution in [0.2, 0.25) is 0 Å². The van der Waals surface area contributed by atoms with E-state index in [1.807, 2.05) is 0 Å². The molecule has 1 aliphatic rings. The SMILES string of the molecule is CN(C(=O)C1CCCCC1)c1ccc2c(c1)nc(NC(=O)c1ccccc1OC(F)(F)F)n2CCC(=O)OC(C)(C)C. The zero-order valence-corrected chi connectivity index (χ0v) is 24.1. The summed E-state index contributed by atoms with van der Waals surface area (Å²) < 4.78 is 49.9. The van der Waals surface area contributed by atoms with Crippen LogP contribution < -0.4 is 15.0 Å². The van der Waals surface area contributed by atoms with Crippen LogP contribution in [0.15, 0.2) is 42.5 Å². The van der Waals surface area contributed by atoms with Gasteiger partial charge in [0, 0.05) is 25.2 Å². The Morgan fingerprint density at radius 1 is 1.05 bits per heavy atom. The highest BCUT2D eigenvalue weighted by Crippen LogP contribution is 2.31. The van der Waals surface area contributed by atoms with E-state index in [0.29, 0.717) is 16.7 Å². The van der Waals surface area contributed by atoms with Gasteiger partial charge in [-0.3, -0.25) is 19.7 Å². The third-order valence-electron chi connectivity index (χ3n) is 6.95. The first-order valence-electron chi connectivity index (χ1n) is 13.9. The number of hydrogen-bond acceptors (Lipinski definition) is 6. The molecule has 9 nitrogen and oxygen atoms in total. The van der Waals surface area contributed by atoms with Crippen LogP contribution in [0, 0.1) is 5.92 Å². The molecule has 0 bridgehead atoms. The van der Waals surface area contributed by atoms with E-state index in [9.17, 15) is 27.6 Å². The molecule has 0 aliphatic heterocycles. The summed E-state index contributed by atoms with van der Waals surface area (Å²) in [5.41, 5.74) is 0.541. The summed E-state index contributed by atoms with van der Waals surface area (Å²) in [6.07, 6.45) is -0.186. The molecular weight excluding hydrogens is 553 g/mol. The van der Waals surface area contributed by atoms with Crippen molar-refractivity contribution in [1.82, 2.24) is 9.55 Å². The summed E-state index contributed by atoms with van der Waals surface area (Å²) in [4.78, 5) is 44.9. The molecule has 1 fully saturated rings. The number of alkyl halides is 3. The maximum Gasteiger partial charge on any atom is 0.573 e. The zero-order valence-electron chi connectivity index (χ0n) is 24.1. The molecule has 2 amide bonds. The van der Waals surface area contributed by atoms with Gasteiger partial charge in [0.15, 0.2) is 0 Å². The van der Waals surface area contributed by atoms with E-state index in [1.54, 1.807) is 55.5 Å². The lowest BCUT2D eigenvalue weighted by atomic mass is 9.88. The molecule has 1 saturated carbocycles. The zero-order chi connectivity index (χ0) is 30.7. The van der Waals surface area contributed by atoms with Crippen LogP contribution in [0.5, 0.6) is 5.75 Å². The number of aromatic nitrogens is 2. The van der Waals surface area contributed by atoms with Crippen molar-refractivity contribution in [3.05, 3.63) is 48.0 Å². The van der Waals surface area contributed by atoms with Gasteiger partial charge in [0.25, 0.3) is 5.91 Å². The second kappa shape index (κ2) is 12.4. The van der Waals surface area contributed by atoms with E-state index < -0.39 is 29.6 Å². The van der Waals surface area contributed by atoms with E-state index in [4.69, 9.17) is 4.74 Å². The minimum Gasteiger partial charge on any atom is -0.460 e. The number of nitrogens with one attached hydrogen (secondary N) is 1. The number of carbonyl (C=O) groups excluding carboxylic acids is 3. The van der Waals surface area contributed by atoms with Crippen molar-refractivity contribution >= 4 is 40.5 Å². The third-order valence-corrected chi connectivity index (χ3v) is 6.95. The molecule has 2 aromatic carbocycles. The van der Waals surface area contributed by atoms with Crippen molar-refractivity contribution in [2.45, 2.75) is 77.8 Å². The number of carbonyl (C=O) groups is 3. The van der Waals surface area contributed by atoms with Gasteiger partial charge in [-0.2, -0.15) is 0 Å². The van der Waals surface area contributed by atoms with Gasteiger partial charge in [-0.1, -0.05) is 31.4 Å². The highest BCUT2D eigenvalue weighted by atomic mass is 19.4. The molecule has 1 aliphatic carbocycles. The Morgan fingerprint density at radius 3 is 2.40 bits per heavy atom. The number of anilines is 2. The second-order valence-electron chi connectivity index (χ2n) is 11.3. The summed E-state index contributed by atoms with van der Waals surface area (Å²) in [5.74, 6) is -2.02. The van der Waals surface area contributed by atoms with Gasteiger partial charge >= 0.3 is 12.3 Å². The van der Waals surface area contributed by atoms with Crippen LogP contribution >= 0.6 is 0 Å². The van der Waals surface area contributed by atoms with E-state index in [2.05, 4.69) is 15.0 Å². The molecule has 0 atom stereocenters. The van der Waals surface area contributed by atoms with Gasteiger partial charge in [0.05, 0.1) is 23.0 Å². The van der Waals surface area contributed by atoms with Crippen molar-refractivity contribution < 1.29 is 37.0 Å². The molecule has 4 rings (SSSR count). The predicted octanol–water partition coefficient (Wildman–Crippen LogP) is 6.46. The summed E-state index contributed by atoms with van der Waals surface area (Å²) in [6.45, 7) is 5.31. The average molecular weight is 589 g/mol. The van der Waals surface area contributed by atoms with Crippen LogP contribution in [0.3, 0.4) is 0 Å². The number of esters is 1. The van der Waals surface area contributed by atoms with E-state index in [1.165, 1.54) is 18.2 Å². The first-order chi connectivity index (χ1) is 19.7. The fraction of sp³-hybridized carbons (Fsp3) is 0.467. The first kappa shape index (κ1) is 30.9. The lowest BCUT2D eigenvalue weighted by molar-refractivity contribution is -0.274. The van der Waals surface area contributed by atoms with Crippen molar-refractivity contribution in [3.8, 4) is 5.75 Å². The lowest BCUT2D eigenvalue weighted by Gasteiger charge is -2.26. The Bertz CT molecular complexity index is 1460. The molecule has 0 saturated heterocycles. The van der Waals surface area contributed by atoms with E-state index in [0.717, 1.165) is 38.2 Å². The van der Waals surface area contributed by atoms with Crippen LogP contribution in [-0.2, 0) is 20.9 Å². The Labute approximate surface area is 242 Å². The van der Waals surface area contributed by atoms with Gasteiger partial charge in [-0.15, -0.1) is 13.2 Å². The van der Waals surface area contributed by atoms with Crippen LogP contribution in [0.4, 0.5) is 24.8 Å². The fourth-order valence-corrected chi connectivity index (χ4v) is 5.03. The number of para-hydroxylation sites is 1. The topological polar surface area (TPSA) is 103 Å². The minimum atomic E-state index is -4.99. The van der Waals surface area contributed by atoms with E-state index >= 15 is 0 Å². The normalized spacial score (nSPS) is 14.5. The van der Waals surface area contributed by atoms with Crippen LogP contribution in [0.1, 0.15) is 69.7 Å². The smallest absolute Gasteiger partial charge is 0.460 e. The number of fused-ring (bicyclic) bond motifs is 1. The second-order valence-corrected chi connectivity index (χ2v) is 11.3. The maximum atomic E-state index is 13.2. The summed E-state index contributed by atoms with van der Waals surface area (Å²) >= 11 is 0. The molecule has 0 spiro atoms. The molecular formula is C30H35F3N4O5. The molecule has 1 aromatic heterocycles. The summed E-state index contributed by atoms with van der Waals surface area (Å²) in [5, 5.41) is 2.57. The largest absolute Gasteiger partial charge is 0.573 e. The molecule has 0 unspecified atom stereocenters. The van der Waals surface area contributed by atoms with Crippen LogP contribution in [0.25, 0.3) is 11.0 Å². The molecule has 226 valence electrons. The molecule has 1 heterocycles. The van der Waals surface area contributed by atoms with Gasteiger partial charge in [-0.25, -0.2) is 4.98 Å². The highest BCUT2D eigenvalue weighted by molar-refractivity contribution is 6.06. The summed E-state index contributed by atoms with van der Waals surface area (Å²) in [7, 11) is 1.71. The Kier molecular flexibility index (Phi) is 9.12. The third kappa shape index (κ3) is 7.80. The molecule has 0 radical (unpaired) electrons. The minimum absolute atomic E-state index is 0.0128. The number of aryl methyl sites for hydroxylation is 1. The van der Waals surface area contributed by atoms with Crippen molar-refractivity contribution in [2.75, 3.05) is 17.3 Å². The Morgan fingerprint density at radius 2 is 1.74 bits per heavy atom. The molecule has 42 heavy (non-hydrogen) atoms. The molecule has 12 heteroatoms.